The number of hydrogen-bond acceptors (Lipinski definition) is 2. The molecular formula is C22H22N2O2. The van der Waals surface area contributed by atoms with Crippen molar-refractivity contribution in [3.8, 4) is 5.75 Å². The summed E-state index contributed by atoms with van der Waals surface area (Å²) in [6.07, 6.45) is 2.48. The van der Waals surface area contributed by atoms with E-state index in [0.717, 1.165) is 30.7 Å². The third kappa shape index (κ3) is 2.32. The molecular weight excluding hydrogens is 324 g/mol. The number of H-pyrrole nitrogens is 1. The summed E-state index contributed by atoms with van der Waals surface area (Å²) >= 11 is 0. The van der Waals surface area contributed by atoms with E-state index in [2.05, 4.69) is 46.3 Å². The first-order chi connectivity index (χ1) is 12.7. The lowest BCUT2D eigenvalue weighted by Crippen LogP contribution is -2.35. The van der Waals surface area contributed by atoms with E-state index >= 15 is 0 Å². The monoisotopic (exact) mass is 346 g/mol. The molecule has 132 valence electrons. The van der Waals surface area contributed by atoms with Gasteiger partial charge in [-0.05, 0) is 48.1 Å². The average Bonchev–Trinajstić information content (AvgIpc) is 3.19. The lowest BCUT2D eigenvalue weighted by Gasteiger charge is -2.33. The van der Waals surface area contributed by atoms with Gasteiger partial charge in [-0.1, -0.05) is 30.3 Å². The predicted molar refractivity (Wildman–Crippen MR) is 101 cm³/mol. The third-order valence-electron chi connectivity index (χ3n) is 5.92. The van der Waals surface area contributed by atoms with Gasteiger partial charge in [0.1, 0.15) is 5.75 Å². The molecule has 2 aliphatic heterocycles. The molecule has 1 aromatic heterocycles. The Morgan fingerprint density at radius 2 is 2.04 bits per heavy atom. The second kappa shape index (κ2) is 5.90. The number of nitrogens with zero attached hydrogens (tertiary/aromatic N) is 1. The molecule has 0 saturated carbocycles. The highest BCUT2D eigenvalue weighted by Gasteiger charge is 2.44. The largest absolute Gasteiger partial charge is 0.497 e. The zero-order chi connectivity index (χ0) is 17.7. The van der Waals surface area contributed by atoms with Gasteiger partial charge in [0.05, 0.1) is 13.2 Å². The Kier molecular flexibility index (Phi) is 3.52. The minimum Gasteiger partial charge on any atom is -0.497 e. The normalized spacial score (nSPS) is 21.7. The van der Waals surface area contributed by atoms with E-state index in [1.165, 1.54) is 22.2 Å². The number of benzene rings is 2. The first-order valence-corrected chi connectivity index (χ1v) is 9.26. The van der Waals surface area contributed by atoms with Crippen LogP contribution in [-0.2, 0) is 17.6 Å². The summed E-state index contributed by atoms with van der Waals surface area (Å²) < 4.78 is 5.41. The van der Waals surface area contributed by atoms with Gasteiger partial charge in [-0.25, -0.2) is 0 Å². The Balaban J connectivity index is 1.58. The van der Waals surface area contributed by atoms with E-state index in [1.54, 1.807) is 7.11 Å². The summed E-state index contributed by atoms with van der Waals surface area (Å²) in [6, 6.07) is 16.9. The van der Waals surface area contributed by atoms with Crippen LogP contribution in [0.1, 0.15) is 29.3 Å². The number of rotatable bonds is 3. The zero-order valence-corrected chi connectivity index (χ0v) is 14.9. The van der Waals surface area contributed by atoms with Crippen LogP contribution in [0, 0.1) is 5.92 Å². The fraction of sp³-hybridized carbons (Fsp3) is 0.318. The summed E-state index contributed by atoms with van der Waals surface area (Å²) in [5.41, 5.74) is 5.02. The second-order valence-corrected chi connectivity index (χ2v) is 7.36. The first kappa shape index (κ1) is 15.5. The van der Waals surface area contributed by atoms with Gasteiger partial charge in [0.15, 0.2) is 0 Å². The maximum atomic E-state index is 12.6. The molecule has 5 rings (SSSR count). The van der Waals surface area contributed by atoms with Crippen molar-refractivity contribution < 1.29 is 9.53 Å². The Morgan fingerprint density at radius 1 is 1.19 bits per heavy atom. The van der Waals surface area contributed by atoms with Gasteiger partial charge >= 0.3 is 0 Å². The standard InChI is InChI=1S/C22H22N2O2/c1-26-16-7-8-19-18(13-16)17-9-10-24-20(25)12-15(22(24)21(17)23-19)11-14-5-3-2-4-6-14/h2-8,13,15,22-23H,9-12H2,1H3/t15-,22+/m1/s1. The molecule has 1 amide bonds. The van der Waals surface area contributed by atoms with Crippen molar-refractivity contribution in [2.75, 3.05) is 13.7 Å². The number of fused-ring (bicyclic) bond motifs is 5. The number of nitrogens with one attached hydrogen (secondary N) is 1. The average molecular weight is 346 g/mol. The highest BCUT2D eigenvalue weighted by Crippen LogP contribution is 2.45. The molecule has 1 saturated heterocycles. The van der Waals surface area contributed by atoms with Crippen LogP contribution < -0.4 is 4.74 Å². The topological polar surface area (TPSA) is 45.3 Å². The van der Waals surface area contributed by atoms with Crippen LogP contribution >= 0.6 is 0 Å². The van der Waals surface area contributed by atoms with Gasteiger partial charge < -0.3 is 14.6 Å². The maximum Gasteiger partial charge on any atom is 0.223 e. The lowest BCUT2D eigenvalue weighted by atomic mass is 9.87. The van der Waals surface area contributed by atoms with Crippen LogP contribution in [0.25, 0.3) is 10.9 Å². The van der Waals surface area contributed by atoms with Crippen molar-refractivity contribution >= 4 is 16.8 Å². The summed E-state index contributed by atoms with van der Waals surface area (Å²) in [6.45, 7) is 0.811. The van der Waals surface area contributed by atoms with Crippen LogP contribution in [0.3, 0.4) is 0 Å². The fourth-order valence-electron chi connectivity index (χ4n) is 4.75. The molecule has 0 spiro atoms. The van der Waals surface area contributed by atoms with E-state index in [9.17, 15) is 4.79 Å². The number of carbonyl (C=O) groups is 1. The molecule has 3 heterocycles. The van der Waals surface area contributed by atoms with Crippen molar-refractivity contribution in [3.63, 3.8) is 0 Å². The summed E-state index contributed by atoms with van der Waals surface area (Å²) in [7, 11) is 1.70. The molecule has 26 heavy (non-hydrogen) atoms. The van der Waals surface area contributed by atoms with E-state index in [-0.39, 0.29) is 11.9 Å². The minimum absolute atomic E-state index is 0.157. The molecule has 0 unspecified atom stereocenters. The van der Waals surface area contributed by atoms with Gasteiger partial charge in [0.2, 0.25) is 5.91 Å². The Labute approximate surface area is 152 Å². The lowest BCUT2D eigenvalue weighted by molar-refractivity contribution is -0.129. The van der Waals surface area contributed by atoms with Gasteiger partial charge in [0, 0.05) is 29.6 Å². The molecule has 4 heteroatoms. The molecule has 0 aliphatic carbocycles. The van der Waals surface area contributed by atoms with E-state index in [0.29, 0.717) is 12.3 Å². The maximum absolute atomic E-state index is 12.6. The smallest absolute Gasteiger partial charge is 0.223 e. The first-order valence-electron chi connectivity index (χ1n) is 9.26. The molecule has 2 aliphatic rings. The third-order valence-corrected chi connectivity index (χ3v) is 5.92. The Hall–Kier alpha value is -2.75. The quantitative estimate of drug-likeness (QED) is 0.783. The van der Waals surface area contributed by atoms with Crippen LogP contribution in [0.4, 0.5) is 0 Å². The number of methoxy groups -OCH3 is 1. The number of hydrogen-bond donors (Lipinski definition) is 1. The number of carbonyl (C=O) groups excluding carboxylic acids is 1. The van der Waals surface area contributed by atoms with E-state index in [4.69, 9.17) is 4.74 Å². The molecule has 4 nitrogen and oxygen atoms in total. The molecule has 2 aromatic carbocycles. The molecule has 1 fully saturated rings. The molecule has 2 atom stereocenters. The highest BCUT2D eigenvalue weighted by atomic mass is 16.5. The van der Waals surface area contributed by atoms with Crippen LogP contribution in [0.2, 0.25) is 0 Å². The van der Waals surface area contributed by atoms with Crippen LogP contribution in [-0.4, -0.2) is 29.4 Å². The number of ether oxygens (including phenoxy) is 1. The Morgan fingerprint density at radius 3 is 2.85 bits per heavy atom. The molecule has 0 bridgehead atoms. The Bertz CT molecular complexity index is 976. The van der Waals surface area contributed by atoms with E-state index < -0.39 is 0 Å². The molecule has 0 radical (unpaired) electrons. The van der Waals surface area contributed by atoms with Crippen molar-refractivity contribution in [1.29, 1.82) is 0 Å². The molecule has 1 N–H and O–H groups in total. The van der Waals surface area contributed by atoms with Crippen molar-refractivity contribution in [2.24, 2.45) is 5.92 Å². The summed E-state index contributed by atoms with van der Waals surface area (Å²) in [4.78, 5) is 18.3. The van der Waals surface area contributed by atoms with Crippen molar-refractivity contribution in [1.82, 2.24) is 9.88 Å². The highest BCUT2D eigenvalue weighted by molar-refractivity contribution is 5.88. The van der Waals surface area contributed by atoms with Crippen LogP contribution in [0.15, 0.2) is 48.5 Å². The van der Waals surface area contributed by atoms with Gasteiger partial charge in [-0.3, -0.25) is 4.79 Å². The van der Waals surface area contributed by atoms with Gasteiger partial charge in [-0.2, -0.15) is 0 Å². The number of aromatic amines is 1. The minimum atomic E-state index is 0.157. The van der Waals surface area contributed by atoms with Gasteiger partial charge in [-0.15, -0.1) is 0 Å². The molecule has 3 aromatic rings. The summed E-state index contributed by atoms with van der Waals surface area (Å²) in [5, 5.41) is 1.23. The summed E-state index contributed by atoms with van der Waals surface area (Å²) in [5.74, 6) is 1.49. The SMILES string of the molecule is COc1ccc2[nH]c3c(c2c1)CCN1C(=O)C[C@@H](Cc2ccccc2)[C@@H]31. The number of amides is 1. The van der Waals surface area contributed by atoms with Crippen molar-refractivity contribution in [2.45, 2.75) is 25.3 Å². The van der Waals surface area contributed by atoms with E-state index in [1.807, 2.05) is 12.1 Å². The number of aromatic nitrogens is 1. The van der Waals surface area contributed by atoms with Gasteiger partial charge in [0.25, 0.3) is 0 Å². The second-order valence-electron chi connectivity index (χ2n) is 7.36. The van der Waals surface area contributed by atoms with Crippen molar-refractivity contribution in [3.05, 3.63) is 65.4 Å². The zero-order valence-electron chi connectivity index (χ0n) is 14.9. The fourth-order valence-corrected chi connectivity index (χ4v) is 4.75. The predicted octanol–water partition coefficient (Wildman–Crippen LogP) is 3.86. The van der Waals surface area contributed by atoms with Crippen LogP contribution in [0.5, 0.6) is 5.75 Å².